The molecule has 0 aromatic heterocycles. The number of carbonyl (C=O) groups excluding carboxylic acids is 2. The molecule has 2 rings (SSSR count). The molecule has 2 amide bonds. The molecule has 35 heavy (non-hydrogen) atoms. The average Bonchev–Trinajstić information content (AvgIpc) is 2.85. The Morgan fingerprint density at radius 2 is 1.51 bits per heavy atom. The number of nitrogens with two attached hydrogens (primary N) is 1. The van der Waals surface area contributed by atoms with Gasteiger partial charge in [0.1, 0.15) is 6.04 Å². The fraction of sp³-hybridized carbons (Fsp3) is 0.444. The molecule has 0 aliphatic rings. The van der Waals surface area contributed by atoms with Crippen molar-refractivity contribution in [2.75, 3.05) is 0 Å². The van der Waals surface area contributed by atoms with Crippen LogP contribution in [0.3, 0.4) is 0 Å². The summed E-state index contributed by atoms with van der Waals surface area (Å²) in [6, 6.07) is 15.9. The van der Waals surface area contributed by atoms with Crippen molar-refractivity contribution in [2.24, 2.45) is 23.5 Å². The third-order valence-electron chi connectivity index (χ3n) is 6.13. The summed E-state index contributed by atoms with van der Waals surface area (Å²) < 4.78 is 0. The van der Waals surface area contributed by atoms with Gasteiger partial charge in [-0.1, -0.05) is 68.4 Å². The maximum atomic E-state index is 13.3. The van der Waals surface area contributed by atoms with Crippen LogP contribution in [0.1, 0.15) is 49.8 Å². The molecule has 190 valence electrons. The first kappa shape index (κ1) is 28.0. The SMILES string of the molecule is CC(C)C[C@@H](C(=O)N[C@@H](Cc1ccc(CN)cc1)C(=O)O)C(CCCc1ccccc1)C(=O)NO. The Labute approximate surface area is 206 Å². The van der Waals surface area contributed by atoms with Gasteiger partial charge >= 0.3 is 5.97 Å². The molecule has 0 aliphatic heterocycles. The van der Waals surface area contributed by atoms with Crippen LogP contribution in [0.5, 0.6) is 0 Å². The molecule has 2 aromatic rings. The number of aliphatic carboxylic acids is 1. The Morgan fingerprint density at radius 1 is 0.886 bits per heavy atom. The van der Waals surface area contributed by atoms with Crippen molar-refractivity contribution >= 4 is 17.8 Å². The van der Waals surface area contributed by atoms with Gasteiger partial charge in [-0.05, 0) is 48.3 Å². The summed E-state index contributed by atoms with van der Waals surface area (Å²) >= 11 is 0. The standard InChI is InChI=1S/C27H37N3O5/c1-18(2)15-23(22(26(32)30-35)10-6-9-19-7-4-3-5-8-19)25(31)29-24(27(33)34)16-20-11-13-21(17-28)14-12-20/h3-5,7-8,11-14,18,22-24,35H,6,9-10,15-17,28H2,1-2H3,(H,29,31)(H,30,32)(H,33,34)/t22?,23-,24+/m1/s1. The van der Waals surface area contributed by atoms with Gasteiger partial charge in [0.15, 0.2) is 0 Å². The van der Waals surface area contributed by atoms with Crippen LogP contribution in [0.2, 0.25) is 0 Å². The van der Waals surface area contributed by atoms with Crippen LogP contribution in [0, 0.1) is 17.8 Å². The highest BCUT2D eigenvalue weighted by Gasteiger charge is 2.35. The van der Waals surface area contributed by atoms with Gasteiger partial charge in [0.25, 0.3) is 0 Å². The second-order valence-corrected chi connectivity index (χ2v) is 9.32. The third-order valence-corrected chi connectivity index (χ3v) is 6.13. The second kappa shape index (κ2) is 14.2. The van der Waals surface area contributed by atoms with Gasteiger partial charge in [-0.25, -0.2) is 10.3 Å². The Morgan fingerprint density at radius 3 is 2.06 bits per heavy atom. The van der Waals surface area contributed by atoms with Crippen LogP contribution in [-0.2, 0) is 33.8 Å². The highest BCUT2D eigenvalue weighted by atomic mass is 16.5. The highest BCUT2D eigenvalue weighted by molar-refractivity contribution is 5.89. The van der Waals surface area contributed by atoms with E-state index in [0.29, 0.717) is 25.8 Å². The van der Waals surface area contributed by atoms with Gasteiger partial charge in [-0.3, -0.25) is 14.8 Å². The second-order valence-electron chi connectivity index (χ2n) is 9.32. The van der Waals surface area contributed by atoms with E-state index in [0.717, 1.165) is 23.1 Å². The summed E-state index contributed by atoms with van der Waals surface area (Å²) in [5, 5.41) is 21.8. The van der Waals surface area contributed by atoms with Crippen molar-refractivity contribution in [3.8, 4) is 0 Å². The molecule has 0 spiro atoms. The molecule has 0 saturated heterocycles. The molecule has 3 atom stereocenters. The summed E-state index contributed by atoms with van der Waals surface area (Å²) in [5.41, 5.74) is 10.1. The van der Waals surface area contributed by atoms with Crippen LogP contribution in [0.15, 0.2) is 54.6 Å². The quantitative estimate of drug-likeness (QED) is 0.207. The molecule has 2 aromatic carbocycles. The number of aryl methyl sites for hydroxylation is 1. The summed E-state index contributed by atoms with van der Waals surface area (Å²) in [7, 11) is 0. The number of amides is 2. The zero-order chi connectivity index (χ0) is 25.8. The minimum absolute atomic E-state index is 0.0842. The zero-order valence-corrected chi connectivity index (χ0v) is 20.4. The van der Waals surface area contributed by atoms with Crippen molar-refractivity contribution in [2.45, 2.75) is 58.5 Å². The van der Waals surface area contributed by atoms with E-state index in [2.05, 4.69) is 5.32 Å². The first-order valence-corrected chi connectivity index (χ1v) is 12.0. The number of carbonyl (C=O) groups is 3. The lowest BCUT2D eigenvalue weighted by molar-refractivity contribution is -0.145. The third kappa shape index (κ3) is 9.15. The molecule has 0 fully saturated rings. The lowest BCUT2D eigenvalue weighted by atomic mass is 9.80. The highest BCUT2D eigenvalue weighted by Crippen LogP contribution is 2.27. The van der Waals surface area contributed by atoms with E-state index in [9.17, 15) is 24.7 Å². The van der Waals surface area contributed by atoms with E-state index in [1.807, 2.05) is 56.3 Å². The van der Waals surface area contributed by atoms with Crippen LogP contribution >= 0.6 is 0 Å². The molecule has 8 heteroatoms. The van der Waals surface area contributed by atoms with Gasteiger partial charge < -0.3 is 16.2 Å². The van der Waals surface area contributed by atoms with E-state index < -0.39 is 35.7 Å². The van der Waals surface area contributed by atoms with E-state index in [1.165, 1.54) is 0 Å². The van der Waals surface area contributed by atoms with Gasteiger partial charge in [0.2, 0.25) is 11.8 Å². The molecule has 6 N–H and O–H groups in total. The lowest BCUT2D eigenvalue weighted by Crippen LogP contribution is -2.48. The average molecular weight is 484 g/mol. The minimum atomic E-state index is -1.16. The monoisotopic (exact) mass is 483 g/mol. The maximum Gasteiger partial charge on any atom is 0.326 e. The number of nitrogens with one attached hydrogen (secondary N) is 2. The van der Waals surface area contributed by atoms with Crippen LogP contribution in [0.25, 0.3) is 0 Å². The van der Waals surface area contributed by atoms with Crippen LogP contribution in [-0.4, -0.2) is 34.1 Å². The minimum Gasteiger partial charge on any atom is -0.480 e. The number of hydrogen-bond donors (Lipinski definition) is 5. The van der Waals surface area contributed by atoms with E-state index >= 15 is 0 Å². The van der Waals surface area contributed by atoms with Crippen molar-refractivity contribution in [3.63, 3.8) is 0 Å². The molecular formula is C27H37N3O5. The van der Waals surface area contributed by atoms with Gasteiger partial charge in [-0.2, -0.15) is 0 Å². The largest absolute Gasteiger partial charge is 0.480 e. The van der Waals surface area contributed by atoms with E-state index in [4.69, 9.17) is 5.73 Å². The fourth-order valence-corrected chi connectivity index (χ4v) is 4.26. The number of carboxylic acid groups (broad SMARTS) is 1. The summed E-state index contributed by atoms with van der Waals surface area (Å²) in [6.45, 7) is 4.26. The summed E-state index contributed by atoms with van der Waals surface area (Å²) in [5.74, 6) is -3.78. The Hall–Kier alpha value is -3.23. The van der Waals surface area contributed by atoms with Gasteiger partial charge in [0.05, 0.1) is 5.92 Å². The van der Waals surface area contributed by atoms with E-state index in [-0.39, 0.29) is 12.3 Å². The molecule has 0 heterocycles. The van der Waals surface area contributed by atoms with Gasteiger partial charge in [-0.15, -0.1) is 0 Å². The number of hydrogen-bond acceptors (Lipinski definition) is 5. The summed E-state index contributed by atoms with van der Waals surface area (Å²) in [6.07, 6.45) is 2.23. The molecule has 0 aliphatic carbocycles. The zero-order valence-electron chi connectivity index (χ0n) is 20.4. The molecule has 1 unspecified atom stereocenters. The molecule has 0 saturated carbocycles. The first-order valence-electron chi connectivity index (χ1n) is 12.0. The number of rotatable bonds is 14. The Kier molecular flexibility index (Phi) is 11.4. The predicted octanol–water partition coefficient (Wildman–Crippen LogP) is 3.06. The lowest BCUT2D eigenvalue weighted by Gasteiger charge is -2.28. The fourth-order valence-electron chi connectivity index (χ4n) is 4.26. The Balaban J connectivity index is 2.16. The maximum absolute atomic E-state index is 13.3. The van der Waals surface area contributed by atoms with Gasteiger partial charge in [0, 0.05) is 18.9 Å². The predicted molar refractivity (Wildman–Crippen MR) is 133 cm³/mol. The smallest absolute Gasteiger partial charge is 0.326 e. The normalized spacial score (nSPS) is 13.6. The van der Waals surface area contributed by atoms with Crippen molar-refractivity contribution < 1.29 is 24.7 Å². The Bertz CT molecular complexity index is 947. The van der Waals surface area contributed by atoms with E-state index in [1.54, 1.807) is 17.6 Å². The molecule has 8 nitrogen and oxygen atoms in total. The van der Waals surface area contributed by atoms with Crippen LogP contribution < -0.4 is 16.5 Å². The van der Waals surface area contributed by atoms with Crippen molar-refractivity contribution in [1.29, 1.82) is 0 Å². The molecule has 0 bridgehead atoms. The molecular weight excluding hydrogens is 446 g/mol. The first-order chi connectivity index (χ1) is 16.7. The molecule has 0 radical (unpaired) electrons. The van der Waals surface area contributed by atoms with Crippen molar-refractivity contribution in [3.05, 3.63) is 71.3 Å². The topological polar surface area (TPSA) is 142 Å². The van der Waals surface area contributed by atoms with Crippen molar-refractivity contribution in [1.82, 2.24) is 10.8 Å². The van der Waals surface area contributed by atoms with Crippen LogP contribution in [0.4, 0.5) is 0 Å². The number of benzene rings is 2. The summed E-state index contributed by atoms with van der Waals surface area (Å²) in [4.78, 5) is 37.9. The number of hydroxylamine groups is 1. The number of carboxylic acids is 1.